The Morgan fingerprint density at radius 3 is 2.48 bits per heavy atom. The Balaban J connectivity index is 1.56. The van der Waals surface area contributed by atoms with E-state index in [2.05, 4.69) is 11.4 Å². The SMILES string of the molecule is CN(C(=O)CN1C(=O)NC(C)(c2ccc3ccccc3c2)C1=O)C1(C#N)CCCCC1. The summed E-state index contributed by atoms with van der Waals surface area (Å²) in [5, 5.41) is 14.5. The third-order valence-electron chi connectivity index (χ3n) is 6.80. The molecule has 0 aromatic heterocycles. The van der Waals surface area contributed by atoms with E-state index in [1.54, 1.807) is 14.0 Å². The minimum atomic E-state index is -1.25. The highest BCUT2D eigenvalue weighted by molar-refractivity contribution is 6.09. The number of carbonyl (C=O) groups excluding carboxylic acids is 3. The number of urea groups is 1. The van der Waals surface area contributed by atoms with Gasteiger partial charge in [0.25, 0.3) is 5.91 Å². The van der Waals surface area contributed by atoms with Gasteiger partial charge in [0.2, 0.25) is 5.91 Å². The molecule has 1 saturated carbocycles. The Morgan fingerprint density at radius 2 is 1.81 bits per heavy atom. The average Bonchev–Trinajstić information content (AvgIpc) is 3.02. The molecule has 4 rings (SSSR count). The van der Waals surface area contributed by atoms with Crippen LogP contribution in [0.25, 0.3) is 10.8 Å². The Kier molecular flexibility index (Phi) is 5.18. The zero-order valence-corrected chi connectivity index (χ0v) is 17.9. The molecular formula is C24H26N4O3. The van der Waals surface area contributed by atoms with Crippen molar-refractivity contribution in [1.29, 1.82) is 5.26 Å². The second-order valence-corrected chi connectivity index (χ2v) is 8.67. The van der Waals surface area contributed by atoms with Crippen molar-refractivity contribution < 1.29 is 14.4 Å². The van der Waals surface area contributed by atoms with E-state index in [1.165, 1.54) is 4.90 Å². The summed E-state index contributed by atoms with van der Waals surface area (Å²) in [4.78, 5) is 41.3. The zero-order valence-electron chi connectivity index (χ0n) is 17.9. The van der Waals surface area contributed by atoms with Gasteiger partial charge in [-0.05, 0) is 42.2 Å². The number of fused-ring (bicyclic) bond motifs is 1. The van der Waals surface area contributed by atoms with Gasteiger partial charge in [0.1, 0.15) is 17.6 Å². The van der Waals surface area contributed by atoms with Crippen LogP contribution in [-0.2, 0) is 15.1 Å². The molecule has 1 unspecified atom stereocenters. The molecule has 2 fully saturated rings. The van der Waals surface area contributed by atoms with Crippen molar-refractivity contribution in [3.8, 4) is 6.07 Å². The topological polar surface area (TPSA) is 93.5 Å². The van der Waals surface area contributed by atoms with Crippen LogP contribution in [0.15, 0.2) is 42.5 Å². The summed E-state index contributed by atoms with van der Waals surface area (Å²) >= 11 is 0. The maximum Gasteiger partial charge on any atom is 0.325 e. The van der Waals surface area contributed by atoms with Gasteiger partial charge in [-0.15, -0.1) is 0 Å². The van der Waals surface area contributed by atoms with Gasteiger partial charge >= 0.3 is 6.03 Å². The van der Waals surface area contributed by atoms with Crippen LogP contribution in [0, 0.1) is 11.3 Å². The van der Waals surface area contributed by atoms with Crippen molar-refractivity contribution in [3.63, 3.8) is 0 Å². The maximum absolute atomic E-state index is 13.3. The number of carbonyl (C=O) groups is 3. The van der Waals surface area contributed by atoms with Crippen LogP contribution >= 0.6 is 0 Å². The van der Waals surface area contributed by atoms with Gasteiger partial charge < -0.3 is 10.2 Å². The molecule has 0 spiro atoms. The van der Waals surface area contributed by atoms with Crippen molar-refractivity contribution in [2.75, 3.05) is 13.6 Å². The van der Waals surface area contributed by atoms with Crippen molar-refractivity contribution >= 4 is 28.6 Å². The summed E-state index contributed by atoms with van der Waals surface area (Å²) in [6, 6.07) is 15.1. The molecule has 2 aromatic rings. The van der Waals surface area contributed by atoms with Crippen LogP contribution in [-0.4, -0.2) is 46.8 Å². The van der Waals surface area contributed by atoms with E-state index in [0.717, 1.165) is 34.9 Å². The summed E-state index contributed by atoms with van der Waals surface area (Å²) in [5.74, 6) is -0.876. The fourth-order valence-corrected chi connectivity index (χ4v) is 4.68. The molecule has 1 aliphatic carbocycles. The van der Waals surface area contributed by atoms with Gasteiger partial charge in [-0.1, -0.05) is 55.7 Å². The molecule has 2 aromatic carbocycles. The smallest absolute Gasteiger partial charge is 0.325 e. The molecular weight excluding hydrogens is 392 g/mol. The summed E-state index contributed by atoms with van der Waals surface area (Å²) in [7, 11) is 1.60. The number of hydrogen-bond donors (Lipinski definition) is 1. The lowest BCUT2D eigenvalue weighted by Gasteiger charge is -2.39. The van der Waals surface area contributed by atoms with Crippen molar-refractivity contribution in [3.05, 3.63) is 48.0 Å². The predicted molar refractivity (Wildman–Crippen MR) is 116 cm³/mol. The Morgan fingerprint density at radius 1 is 1.13 bits per heavy atom. The molecule has 160 valence electrons. The monoisotopic (exact) mass is 418 g/mol. The first-order valence-corrected chi connectivity index (χ1v) is 10.6. The highest BCUT2D eigenvalue weighted by atomic mass is 16.2. The molecule has 7 heteroatoms. The predicted octanol–water partition coefficient (Wildman–Crippen LogP) is 3.29. The van der Waals surface area contributed by atoms with E-state index in [-0.39, 0.29) is 6.54 Å². The lowest BCUT2D eigenvalue weighted by atomic mass is 9.81. The molecule has 1 atom stereocenters. The number of imide groups is 1. The number of hydrogen-bond acceptors (Lipinski definition) is 4. The average molecular weight is 418 g/mol. The first-order valence-electron chi connectivity index (χ1n) is 10.6. The quantitative estimate of drug-likeness (QED) is 0.771. The minimum Gasteiger partial charge on any atom is -0.325 e. The van der Waals surface area contributed by atoms with E-state index in [1.807, 2.05) is 42.5 Å². The largest absolute Gasteiger partial charge is 0.325 e. The summed E-state index contributed by atoms with van der Waals surface area (Å²) in [6.07, 6.45) is 4.03. The van der Waals surface area contributed by atoms with Crippen molar-refractivity contribution in [1.82, 2.24) is 15.1 Å². The third-order valence-corrected chi connectivity index (χ3v) is 6.80. The van der Waals surface area contributed by atoms with Gasteiger partial charge in [-0.2, -0.15) is 5.26 Å². The Labute approximate surface area is 181 Å². The standard InChI is InChI=1S/C24H26N4O3/c1-23(19-11-10-17-8-4-5-9-18(17)14-19)21(30)28(22(31)26-23)15-20(29)27(2)24(16-25)12-6-3-7-13-24/h4-5,8-11,14H,3,6-7,12-13,15H2,1-2H3,(H,26,31). The maximum atomic E-state index is 13.3. The normalized spacial score (nSPS) is 22.8. The van der Waals surface area contributed by atoms with Gasteiger partial charge in [-0.25, -0.2) is 4.79 Å². The summed E-state index contributed by atoms with van der Waals surface area (Å²) in [5.41, 5.74) is -1.46. The molecule has 1 saturated heterocycles. The number of amides is 4. The highest BCUT2D eigenvalue weighted by Crippen LogP contribution is 2.34. The molecule has 1 aliphatic heterocycles. The fraction of sp³-hybridized carbons (Fsp3) is 0.417. The van der Waals surface area contributed by atoms with E-state index < -0.39 is 28.9 Å². The lowest BCUT2D eigenvalue weighted by Crippen LogP contribution is -2.53. The Bertz CT molecular complexity index is 1100. The van der Waals surface area contributed by atoms with E-state index in [4.69, 9.17) is 0 Å². The summed E-state index contributed by atoms with van der Waals surface area (Å²) in [6.45, 7) is 1.28. The first kappa shape index (κ1) is 20.9. The zero-order chi connectivity index (χ0) is 22.2. The van der Waals surface area contributed by atoms with E-state index >= 15 is 0 Å². The van der Waals surface area contributed by atoms with Gasteiger partial charge in [0, 0.05) is 7.05 Å². The molecule has 1 N–H and O–H groups in total. The molecule has 7 nitrogen and oxygen atoms in total. The number of rotatable bonds is 4. The Hall–Kier alpha value is -3.40. The van der Waals surface area contributed by atoms with Gasteiger partial charge in [-0.3, -0.25) is 14.5 Å². The molecule has 4 amide bonds. The van der Waals surface area contributed by atoms with Gasteiger partial charge in [0.05, 0.1) is 6.07 Å². The van der Waals surface area contributed by atoms with Crippen molar-refractivity contribution in [2.24, 2.45) is 0 Å². The van der Waals surface area contributed by atoms with Crippen molar-refractivity contribution in [2.45, 2.75) is 50.1 Å². The first-order chi connectivity index (χ1) is 14.8. The molecule has 1 heterocycles. The summed E-state index contributed by atoms with van der Waals surface area (Å²) < 4.78 is 0. The lowest BCUT2D eigenvalue weighted by molar-refractivity contribution is -0.141. The minimum absolute atomic E-state index is 0.381. The van der Waals surface area contributed by atoms with Crippen LogP contribution in [0.2, 0.25) is 0 Å². The van der Waals surface area contributed by atoms with Crippen LogP contribution in [0.4, 0.5) is 4.79 Å². The number of benzene rings is 2. The second-order valence-electron chi connectivity index (χ2n) is 8.67. The number of nitrogens with one attached hydrogen (secondary N) is 1. The number of nitrogens with zero attached hydrogens (tertiary/aromatic N) is 3. The highest BCUT2D eigenvalue weighted by Gasteiger charge is 2.50. The van der Waals surface area contributed by atoms with Crippen LogP contribution in [0.5, 0.6) is 0 Å². The number of likely N-dealkylation sites (N-methyl/N-ethyl adjacent to an activating group) is 1. The van der Waals surface area contributed by atoms with E-state index in [9.17, 15) is 19.6 Å². The molecule has 2 aliphatic rings. The molecule has 0 radical (unpaired) electrons. The fourth-order valence-electron chi connectivity index (χ4n) is 4.68. The molecule has 31 heavy (non-hydrogen) atoms. The van der Waals surface area contributed by atoms with Crippen LogP contribution in [0.3, 0.4) is 0 Å². The van der Waals surface area contributed by atoms with E-state index in [0.29, 0.717) is 18.4 Å². The van der Waals surface area contributed by atoms with Gasteiger partial charge in [0.15, 0.2) is 0 Å². The van der Waals surface area contributed by atoms with Crippen LogP contribution in [0.1, 0.15) is 44.6 Å². The number of nitriles is 1. The second kappa shape index (κ2) is 7.69. The van der Waals surface area contributed by atoms with Crippen LogP contribution < -0.4 is 5.32 Å². The molecule has 0 bridgehead atoms. The third kappa shape index (κ3) is 3.42.